The third-order valence-corrected chi connectivity index (χ3v) is 6.22. The van der Waals surface area contributed by atoms with Gasteiger partial charge in [0.1, 0.15) is 9.84 Å². The molecule has 0 aliphatic rings. The number of fused-ring (bicyclic) bond motifs is 1. The maximum atomic E-state index is 12.9. The molecule has 0 amide bonds. The third-order valence-electron chi connectivity index (χ3n) is 4.13. The van der Waals surface area contributed by atoms with Gasteiger partial charge in [-0.1, -0.05) is 29.7 Å². The number of nitrogens with zero attached hydrogens (tertiary/aromatic N) is 1. The molecule has 0 N–H and O–H groups in total. The number of sulfone groups is 1. The first-order valence-electron chi connectivity index (χ1n) is 8.43. The van der Waals surface area contributed by atoms with Crippen LogP contribution in [0.3, 0.4) is 0 Å². The van der Waals surface area contributed by atoms with Gasteiger partial charge in [-0.15, -0.1) is 0 Å². The van der Waals surface area contributed by atoms with E-state index < -0.39 is 15.9 Å². The van der Waals surface area contributed by atoms with Crippen molar-refractivity contribution < 1.29 is 17.9 Å². The van der Waals surface area contributed by atoms with E-state index in [1.807, 2.05) is 19.1 Å². The molecular weight excluding hydrogens is 386 g/mol. The summed E-state index contributed by atoms with van der Waals surface area (Å²) in [5.74, 6) is 0.894. The largest absolute Gasteiger partial charge is 0.493 e. The van der Waals surface area contributed by atoms with E-state index in [2.05, 4.69) is 0 Å². The van der Waals surface area contributed by atoms with Crippen LogP contribution in [0.15, 0.2) is 47.3 Å². The number of aromatic nitrogens is 1. The molecule has 0 bridgehead atoms. The van der Waals surface area contributed by atoms with Gasteiger partial charge in [0.25, 0.3) is 5.56 Å². The molecule has 3 aromatic rings. The fraction of sp³-hybridized carbons (Fsp3) is 0.316. The Labute approximate surface area is 162 Å². The van der Waals surface area contributed by atoms with E-state index in [0.717, 1.165) is 4.70 Å². The number of benzene rings is 2. The molecule has 0 radical (unpaired) electrons. The average molecular weight is 408 g/mol. The molecule has 8 heteroatoms. The second-order valence-electron chi connectivity index (χ2n) is 6.17. The molecule has 0 fully saturated rings. The van der Waals surface area contributed by atoms with Crippen LogP contribution in [0.1, 0.15) is 18.5 Å². The Morgan fingerprint density at radius 3 is 2.52 bits per heavy atom. The summed E-state index contributed by atoms with van der Waals surface area (Å²) in [5, 5.41) is 0.583. The fourth-order valence-electron chi connectivity index (χ4n) is 2.95. The SMILES string of the molecule is CCOc1cc(C(CS(C)(=O)=O)n2sc3ccccc3c2=O)ccc1OC. The molecule has 0 aliphatic heterocycles. The van der Waals surface area contributed by atoms with E-state index in [1.54, 1.807) is 37.4 Å². The minimum atomic E-state index is -3.34. The molecule has 27 heavy (non-hydrogen) atoms. The molecule has 1 atom stereocenters. The Morgan fingerprint density at radius 2 is 1.89 bits per heavy atom. The summed E-state index contributed by atoms with van der Waals surface area (Å²) in [4.78, 5) is 12.9. The fourth-order valence-corrected chi connectivity index (χ4v) is 5.07. The molecule has 1 aromatic heterocycles. The Bertz CT molecular complexity index is 1110. The quantitative estimate of drug-likeness (QED) is 0.602. The van der Waals surface area contributed by atoms with E-state index >= 15 is 0 Å². The molecule has 6 nitrogen and oxygen atoms in total. The van der Waals surface area contributed by atoms with Crippen LogP contribution >= 0.6 is 11.5 Å². The summed E-state index contributed by atoms with van der Waals surface area (Å²) in [6.45, 7) is 2.30. The van der Waals surface area contributed by atoms with E-state index in [0.29, 0.717) is 29.1 Å². The third kappa shape index (κ3) is 4.17. The minimum Gasteiger partial charge on any atom is -0.493 e. The summed E-state index contributed by atoms with van der Waals surface area (Å²) < 4.78 is 37.4. The van der Waals surface area contributed by atoms with Crippen LogP contribution in [0.4, 0.5) is 0 Å². The van der Waals surface area contributed by atoms with Gasteiger partial charge in [0.15, 0.2) is 11.5 Å². The first kappa shape index (κ1) is 19.4. The first-order valence-corrected chi connectivity index (χ1v) is 11.3. The summed E-state index contributed by atoms with van der Waals surface area (Å²) in [6.07, 6.45) is 1.17. The van der Waals surface area contributed by atoms with E-state index in [4.69, 9.17) is 9.47 Å². The van der Waals surface area contributed by atoms with Crippen LogP contribution in [0.2, 0.25) is 0 Å². The molecule has 1 unspecified atom stereocenters. The van der Waals surface area contributed by atoms with Gasteiger partial charge in [-0.3, -0.25) is 8.75 Å². The van der Waals surface area contributed by atoms with Crippen LogP contribution in [0, 0.1) is 0 Å². The Balaban J connectivity index is 2.18. The van der Waals surface area contributed by atoms with Crippen LogP contribution in [0.25, 0.3) is 10.1 Å². The predicted octanol–water partition coefficient (Wildman–Crippen LogP) is 3.10. The van der Waals surface area contributed by atoms with Crippen molar-refractivity contribution >= 4 is 31.5 Å². The second kappa shape index (κ2) is 7.74. The summed E-state index contributed by atoms with van der Waals surface area (Å²) in [7, 11) is -1.80. The molecule has 3 rings (SSSR count). The highest BCUT2D eigenvalue weighted by Crippen LogP contribution is 2.33. The summed E-state index contributed by atoms with van der Waals surface area (Å²) in [6, 6.07) is 11.9. The molecular formula is C19H21NO5S2. The molecule has 2 aromatic carbocycles. The maximum absolute atomic E-state index is 12.9. The molecule has 144 valence electrons. The Kier molecular flexibility index (Phi) is 5.57. The summed E-state index contributed by atoms with van der Waals surface area (Å²) in [5.41, 5.74) is 0.483. The van der Waals surface area contributed by atoms with Gasteiger partial charge in [-0.2, -0.15) is 0 Å². The number of ether oxygens (including phenoxy) is 2. The van der Waals surface area contributed by atoms with Crippen molar-refractivity contribution in [3.8, 4) is 11.5 Å². The van der Waals surface area contributed by atoms with Crippen LogP contribution in [-0.4, -0.2) is 38.1 Å². The van der Waals surface area contributed by atoms with Gasteiger partial charge in [0.2, 0.25) is 0 Å². The zero-order valence-electron chi connectivity index (χ0n) is 15.3. The second-order valence-corrected chi connectivity index (χ2v) is 9.37. The molecule has 1 heterocycles. The normalized spacial score (nSPS) is 12.9. The van der Waals surface area contributed by atoms with Crippen molar-refractivity contribution in [2.75, 3.05) is 25.7 Å². The molecule has 0 saturated heterocycles. The van der Waals surface area contributed by atoms with Crippen molar-refractivity contribution in [3.63, 3.8) is 0 Å². The van der Waals surface area contributed by atoms with Crippen LogP contribution in [0.5, 0.6) is 11.5 Å². The first-order chi connectivity index (χ1) is 12.8. The van der Waals surface area contributed by atoms with E-state index in [1.165, 1.54) is 21.7 Å². The molecule has 0 saturated carbocycles. The topological polar surface area (TPSA) is 74.6 Å². The van der Waals surface area contributed by atoms with Gasteiger partial charge in [-0.25, -0.2) is 8.42 Å². The Morgan fingerprint density at radius 1 is 1.15 bits per heavy atom. The van der Waals surface area contributed by atoms with Crippen molar-refractivity contribution in [2.45, 2.75) is 13.0 Å². The molecule has 0 aliphatic carbocycles. The van der Waals surface area contributed by atoms with Crippen LogP contribution < -0.4 is 15.0 Å². The van der Waals surface area contributed by atoms with Crippen molar-refractivity contribution in [2.24, 2.45) is 0 Å². The lowest BCUT2D eigenvalue weighted by Crippen LogP contribution is -2.26. The smallest absolute Gasteiger partial charge is 0.269 e. The lowest BCUT2D eigenvalue weighted by Gasteiger charge is -2.19. The van der Waals surface area contributed by atoms with Gasteiger partial charge in [0, 0.05) is 6.26 Å². The van der Waals surface area contributed by atoms with Crippen molar-refractivity contribution in [1.29, 1.82) is 0 Å². The van der Waals surface area contributed by atoms with Gasteiger partial charge in [0.05, 0.1) is 35.6 Å². The van der Waals surface area contributed by atoms with Crippen LogP contribution in [-0.2, 0) is 9.84 Å². The standard InChI is InChI=1S/C19H21NO5S2/c1-4-25-17-11-13(9-10-16(17)24-2)15(12-27(3,22)23)20-19(21)14-7-5-6-8-18(14)26-20/h5-11,15H,4,12H2,1-3H3. The van der Waals surface area contributed by atoms with E-state index in [9.17, 15) is 13.2 Å². The highest BCUT2D eigenvalue weighted by Gasteiger charge is 2.24. The summed E-state index contributed by atoms with van der Waals surface area (Å²) >= 11 is 1.26. The highest BCUT2D eigenvalue weighted by molar-refractivity contribution is 7.90. The minimum absolute atomic E-state index is 0.183. The number of methoxy groups -OCH3 is 1. The number of hydrogen-bond acceptors (Lipinski definition) is 6. The molecule has 0 spiro atoms. The van der Waals surface area contributed by atoms with Gasteiger partial charge in [-0.05, 0) is 36.8 Å². The van der Waals surface area contributed by atoms with Crippen molar-refractivity contribution in [3.05, 3.63) is 58.4 Å². The Hall–Kier alpha value is -2.32. The number of hydrogen-bond donors (Lipinski definition) is 0. The van der Waals surface area contributed by atoms with Gasteiger partial charge < -0.3 is 9.47 Å². The average Bonchev–Trinajstić information content (AvgIpc) is 2.96. The van der Waals surface area contributed by atoms with Crippen molar-refractivity contribution in [1.82, 2.24) is 3.96 Å². The predicted molar refractivity (Wildman–Crippen MR) is 108 cm³/mol. The maximum Gasteiger partial charge on any atom is 0.269 e. The zero-order valence-corrected chi connectivity index (χ0v) is 17.0. The number of rotatable bonds is 7. The van der Waals surface area contributed by atoms with E-state index in [-0.39, 0.29) is 11.3 Å². The highest BCUT2D eigenvalue weighted by atomic mass is 32.2. The lowest BCUT2D eigenvalue weighted by molar-refractivity contribution is 0.310. The van der Waals surface area contributed by atoms with Gasteiger partial charge >= 0.3 is 0 Å². The monoisotopic (exact) mass is 407 g/mol. The zero-order chi connectivity index (χ0) is 19.6. The lowest BCUT2D eigenvalue weighted by atomic mass is 10.1.